The second kappa shape index (κ2) is 6.38. The Morgan fingerprint density at radius 1 is 1.15 bits per heavy atom. The third kappa shape index (κ3) is 3.50. The van der Waals surface area contributed by atoms with Gasteiger partial charge in [-0.25, -0.2) is 4.98 Å². The van der Waals surface area contributed by atoms with E-state index in [-0.39, 0.29) is 16.9 Å². The van der Waals surface area contributed by atoms with E-state index in [4.69, 9.17) is 0 Å². The molecular weight excluding hydrogens is 362 g/mol. The molecular formula is C17H16F6N2O. The molecule has 1 aliphatic rings. The van der Waals surface area contributed by atoms with Crippen LogP contribution in [0, 0.1) is 5.92 Å². The predicted molar refractivity (Wildman–Crippen MR) is 82.3 cm³/mol. The molecule has 9 heteroatoms. The number of fused-ring (bicyclic) bond motifs is 1. The first-order chi connectivity index (χ1) is 12.0. The highest BCUT2D eigenvalue weighted by atomic mass is 19.4. The Hall–Kier alpha value is -1.87. The van der Waals surface area contributed by atoms with Gasteiger partial charge in [-0.1, -0.05) is 19.1 Å². The Balaban J connectivity index is 2.24. The second-order valence-electron chi connectivity index (χ2n) is 6.59. The fourth-order valence-electron chi connectivity index (χ4n) is 3.30. The van der Waals surface area contributed by atoms with Crippen molar-refractivity contribution in [1.82, 2.24) is 10.3 Å². The summed E-state index contributed by atoms with van der Waals surface area (Å²) in [7, 11) is 0. The smallest absolute Gasteiger partial charge is 0.387 e. The van der Waals surface area contributed by atoms with Crippen molar-refractivity contribution in [3.63, 3.8) is 0 Å². The lowest BCUT2D eigenvalue weighted by molar-refractivity contribution is -0.142. The SMILES string of the molecule is CC1CNC([C@@H](O)c2cc(C(F)(F)F)nc3c(C(F)(F)F)cccc23)C1. The maximum Gasteiger partial charge on any atom is 0.433 e. The lowest BCUT2D eigenvalue weighted by Crippen LogP contribution is -2.29. The van der Waals surface area contributed by atoms with Crippen LogP contribution >= 0.6 is 0 Å². The molecule has 0 spiro atoms. The van der Waals surface area contributed by atoms with Gasteiger partial charge in [0.05, 0.1) is 17.2 Å². The molecule has 2 unspecified atom stereocenters. The Labute approximate surface area is 145 Å². The fourth-order valence-corrected chi connectivity index (χ4v) is 3.30. The second-order valence-corrected chi connectivity index (χ2v) is 6.59. The van der Waals surface area contributed by atoms with Crippen molar-refractivity contribution in [3.8, 4) is 0 Å². The molecule has 2 N–H and O–H groups in total. The van der Waals surface area contributed by atoms with Gasteiger partial charge in [0.25, 0.3) is 0 Å². The molecule has 2 heterocycles. The number of rotatable bonds is 2. The number of nitrogens with one attached hydrogen (secondary N) is 1. The van der Waals surface area contributed by atoms with Gasteiger partial charge in [-0.15, -0.1) is 0 Å². The van der Waals surface area contributed by atoms with Crippen molar-refractivity contribution in [1.29, 1.82) is 0 Å². The summed E-state index contributed by atoms with van der Waals surface area (Å²) in [5.41, 5.74) is -3.74. The standard InChI is InChI=1S/C17H16F6N2O/c1-8-5-12(24-7-8)15(26)10-6-13(17(21,22)23)25-14-9(10)3-2-4-11(14)16(18,19)20/h2-4,6,8,12,15,24,26H,5,7H2,1H3/t8?,12?,15-/m0/s1. The van der Waals surface area contributed by atoms with Gasteiger partial charge in [0, 0.05) is 11.4 Å². The topological polar surface area (TPSA) is 45.1 Å². The minimum absolute atomic E-state index is 0.137. The molecule has 1 fully saturated rings. The van der Waals surface area contributed by atoms with Gasteiger partial charge in [-0.3, -0.25) is 0 Å². The van der Waals surface area contributed by atoms with E-state index in [2.05, 4.69) is 10.3 Å². The molecule has 3 rings (SSSR count). The predicted octanol–water partition coefficient (Wildman–Crippen LogP) is 4.30. The number of hydrogen-bond donors (Lipinski definition) is 2. The van der Waals surface area contributed by atoms with Gasteiger partial charge in [-0.05, 0) is 36.6 Å². The molecule has 1 aromatic heterocycles. The van der Waals surface area contributed by atoms with E-state index in [9.17, 15) is 31.4 Å². The van der Waals surface area contributed by atoms with Crippen molar-refractivity contribution < 1.29 is 31.4 Å². The number of aromatic nitrogens is 1. The van der Waals surface area contributed by atoms with Crippen LogP contribution in [0.3, 0.4) is 0 Å². The average Bonchev–Trinajstić information content (AvgIpc) is 2.97. The number of hydrogen-bond acceptors (Lipinski definition) is 3. The molecule has 0 saturated carbocycles. The van der Waals surface area contributed by atoms with E-state index in [1.54, 1.807) is 0 Å². The number of halogens is 6. The number of nitrogens with zero attached hydrogens (tertiary/aromatic N) is 1. The number of alkyl halides is 6. The third-order valence-corrected chi connectivity index (χ3v) is 4.55. The quantitative estimate of drug-likeness (QED) is 0.766. The van der Waals surface area contributed by atoms with Gasteiger partial charge in [0.15, 0.2) is 0 Å². The zero-order chi connectivity index (χ0) is 19.3. The Kier molecular flexibility index (Phi) is 4.64. The summed E-state index contributed by atoms with van der Waals surface area (Å²) in [6, 6.07) is 3.13. The number of aliphatic hydroxyl groups excluding tert-OH is 1. The molecule has 3 nitrogen and oxygen atoms in total. The maximum atomic E-state index is 13.2. The van der Waals surface area contributed by atoms with E-state index in [1.165, 1.54) is 6.07 Å². The van der Waals surface area contributed by atoms with Crippen LogP contribution in [0.1, 0.15) is 36.3 Å². The van der Waals surface area contributed by atoms with Crippen LogP contribution in [0.15, 0.2) is 24.3 Å². The van der Waals surface area contributed by atoms with Gasteiger partial charge < -0.3 is 10.4 Å². The molecule has 26 heavy (non-hydrogen) atoms. The molecule has 0 aliphatic carbocycles. The number of pyridine rings is 1. The number of aliphatic hydroxyl groups is 1. The Morgan fingerprint density at radius 2 is 1.85 bits per heavy atom. The average molecular weight is 378 g/mol. The van der Waals surface area contributed by atoms with Gasteiger partial charge in [-0.2, -0.15) is 26.3 Å². The third-order valence-electron chi connectivity index (χ3n) is 4.55. The van der Waals surface area contributed by atoms with Crippen molar-refractivity contribution in [2.24, 2.45) is 5.92 Å². The molecule has 142 valence electrons. The van der Waals surface area contributed by atoms with Crippen LogP contribution in [0.2, 0.25) is 0 Å². The first-order valence-electron chi connectivity index (χ1n) is 7.98. The fraction of sp³-hybridized carbons (Fsp3) is 0.471. The van der Waals surface area contributed by atoms with Gasteiger partial charge in [0.1, 0.15) is 5.69 Å². The minimum atomic E-state index is -4.93. The summed E-state index contributed by atoms with van der Waals surface area (Å²) in [6.07, 6.45) is -10.7. The summed E-state index contributed by atoms with van der Waals surface area (Å²) in [4.78, 5) is 3.22. The summed E-state index contributed by atoms with van der Waals surface area (Å²) in [6.45, 7) is 2.48. The van der Waals surface area contributed by atoms with Crippen LogP contribution in [0.25, 0.3) is 10.9 Å². The van der Waals surface area contributed by atoms with E-state index < -0.39 is 41.3 Å². The van der Waals surface area contributed by atoms with Gasteiger partial charge >= 0.3 is 12.4 Å². The zero-order valence-electron chi connectivity index (χ0n) is 13.6. The normalized spacial score (nSPS) is 22.8. The lowest BCUT2D eigenvalue weighted by Gasteiger charge is -2.22. The van der Waals surface area contributed by atoms with Crippen molar-refractivity contribution >= 4 is 10.9 Å². The zero-order valence-corrected chi connectivity index (χ0v) is 13.6. The molecule has 0 bridgehead atoms. The van der Waals surface area contributed by atoms with E-state index in [1.807, 2.05) is 6.92 Å². The van der Waals surface area contributed by atoms with Crippen molar-refractivity contribution in [3.05, 3.63) is 41.1 Å². The molecule has 2 aromatic rings. The lowest BCUT2D eigenvalue weighted by atomic mass is 9.93. The van der Waals surface area contributed by atoms with Gasteiger partial charge in [0.2, 0.25) is 0 Å². The summed E-state index contributed by atoms with van der Waals surface area (Å²) in [5.74, 6) is 0.204. The van der Waals surface area contributed by atoms with Crippen LogP contribution in [-0.4, -0.2) is 22.7 Å². The number of para-hydroxylation sites is 1. The Morgan fingerprint density at radius 3 is 2.38 bits per heavy atom. The minimum Gasteiger partial charge on any atom is -0.387 e. The molecule has 1 saturated heterocycles. The molecule has 0 amide bonds. The largest absolute Gasteiger partial charge is 0.433 e. The van der Waals surface area contributed by atoms with Crippen molar-refractivity contribution in [2.75, 3.05) is 6.54 Å². The molecule has 0 radical (unpaired) electrons. The molecule has 1 aromatic carbocycles. The van der Waals surface area contributed by atoms with Crippen LogP contribution < -0.4 is 5.32 Å². The summed E-state index contributed by atoms with van der Waals surface area (Å²) < 4.78 is 79.3. The van der Waals surface area contributed by atoms with E-state index in [0.717, 1.165) is 6.07 Å². The molecule has 1 aliphatic heterocycles. The van der Waals surface area contributed by atoms with E-state index in [0.29, 0.717) is 25.1 Å². The highest BCUT2D eigenvalue weighted by molar-refractivity contribution is 5.86. The Bertz CT molecular complexity index is 817. The van der Waals surface area contributed by atoms with Crippen LogP contribution in [-0.2, 0) is 12.4 Å². The highest BCUT2D eigenvalue weighted by Crippen LogP contribution is 2.40. The summed E-state index contributed by atoms with van der Waals surface area (Å²) >= 11 is 0. The molecule has 3 atom stereocenters. The summed E-state index contributed by atoms with van der Waals surface area (Å²) in [5, 5.41) is 13.4. The first kappa shape index (κ1) is 18.9. The highest BCUT2D eigenvalue weighted by Gasteiger charge is 2.39. The van der Waals surface area contributed by atoms with E-state index >= 15 is 0 Å². The van der Waals surface area contributed by atoms with Crippen LogP contribution in [0.5, 0.6) is 0 Å². The van der Waals surface area contributed by atoms with Crippen LogP contribution in [0.4, 0.5) is 26.3 Å². The van der Waals surface area contributed by atoms with Crippen molar-refractivity contribution in [2.45, 2.75) is 37.8 Å². The maximum absolute atomic E-state index is 13.2. The first-order valence-corrected chi connectivity index (χ1v) is 7.98. The number of benzene rings is 1. The monoisotopic (exact) mass is 378 g/mol.